The topological polar surface area (TPSA) is 64.6 Å². The van der Waals surface area contributed by atoms with E-state index in [1.807, 2.05) is 12.1 Å². The molecule has 0 heterocycles. The third-order valence-electron chi connectivity index (χ3n) is 4.18. The molecule has 0 bridgehead atoms. The minimum absolute atomic E-state index is 0.153. The molecule has 0 aliphatic heterocycles. The molecule has 1 N–H and O–H groups in total. The molecular weight excluding hydrogens is 294 g/mol. The summed E-state index contributed by atoms with van der Waals surface area (Å²) in [5, 5.41) is 2.85. The fourth-order valence-electron chi connectivity index (χ4n) is 2.81. The summed E-state index contributed by atoms with van der Waals surface area (Å²) in [7, 11) is 1.59. The van der Waals surface area contributed by atoms with E-state index in [4.69, 9.17) is 9.47 Å². The zero-order valence-electron chi connectivity index (χ0n) is 13.7. The summed E-state index contributed by atoms with van der Waals surface area (Å²) in [6, 6.07) is 7.20. The monoisotopic (exact) mass is 319 g/mol. The Bertz CT molecular complexity index is 506. The first-order valence-corrected chi connectivity index (χ1v) is 8.22. The Kier molecular flexibility index (Phi) is 6.91. The molecule has 0 atom stereocenters. The second-order valence-corrected chi connectivity index (χ2v) is 5.99. The van der Waals surface area contributed by atoms with Crippen LogP contribution < -0.4 is 10.1 Å². The normalized spacial score (nSPS) is 15.0. The Morgan fingerprint density at radius 3 is 2.48 bits per heavy atom. The van der Waals surface area contributed by atoms with Crippen LogP contribution in [0.3, 0.4) is 0 Å². The number of rotatable bonds is 7. The van der Waals surface area contributed by atoms with Crippen LogP contribution >= 0.6 is 0 Å². The maximum Gasteiger partial charge on any atom is 0.310 e. The van der Waals surface area contributed by atoms with Crippen molar-refractivity contribution in [2.75, 3.05) is 20.3 Å². The van der Waals surface area contributed by atoms with Crippen LogP contribution in [-0.2, 0) is 20.7 Å². The van der Waals surface area contributed by atoms with E-state index in [9.17, 15) is 9.59 Å². The van der Waals surface area contributed by atoms with Gasteiger partial charge in [-0.3, -0.25) is 9.59 Å². The number of carbonyl (C=O) groups excluding carboxylic acids is 2. The highest BCUT2D eigenvalue weighted by Gasteiger charge is 2.15. The molecule has 5 heteroatoms. The molecule has 1 aliphatic carbocycles. The van der Waals surface area contributed by atoms with Gasteiger partial charge in [0.1, 0.15) is 5.75 Å². The lowest BCUT2D eigenvalue weighted by Gasteiger charge is -2.21. The minimum atomic E-state index is -0.400. The first-order chi connectivity index (χ1) is 11.2. The summed E-state index contributed by atoms with van der Waals surface area (Å²) in [6.07, 6.45) is 6.30. The predicted molar refractivity (Wildman–Crippen MR) is 87.2 cm³/mol. The van der Waals surface area contributed by atoms with Crippen molar-refractivity contribution in [1.82, 2.24) is 5.32 Å². The van der Waals surface area contributed by atoms with Gasteiger partial charge in [-0.15, -0.1) is 0 Å². The van der Waals surface area contributed by atoms with Gasteiger partial charge in [0.25, 0.3) is 5.91 Å². The zero-order chi connectivity index (χ0) is 16.5. The molecule has 1 aromatic rings. The molecule has 1 amide bonds. The van der Waals surface area contributed by atoms with E-state index in [-0.39, 0.29) is 18.9 Å². The van der Waals surface area contributed by atoms with Crippen LogP contribution in [0.25, 0.3) is 0 Å². The molecule has 0 radical (unpaired) electrons. The summed E-state index contributed by atoms with van der Waals surface area (Å²) in [6.45, 7) is 0.483. The third-order valence-corrected chi connectivity index (χ3v) is 4.18. The molecule has 2 rings (SSSR count). The minimum Gasteiger partial charge on any atom is -0.497 e. The highest BCUT2D eigenvalue weighted by atomic mass is 16.5. The van der Waals surface area contributed by atoms with Crippen LogP contribution in [0, 0.1) is 5.92 Å². The van der Waals surface area contributed by atoms with Gasteiger partial charge >= 0.3 is 5.97 Å². The largest absolute Gasteiger partial charge is 0.497 e. The van der Waals surface area contributed by atoms with Gasteiger partial charge in [0.15, 0.2) is 6.61 Å². The van der Waals surface area contributed by atoms with E-state index in [1.165, 1.54) is 32.1 Å². The van der Waals surface area contributed by atoms with Crippen LogP contribution in [-0.4, -0.2) is 32.1 Å². The van der Waals surface area contributed by atoms with Gasteiger partial charge in [0.05, 0.1) is 13.5 Å². The molecule has 0 saturated heterocycles. The second-order valence-electron chi connectivity index (χ2n) is 5.99. The standard InChI is InChI=1S/C18H25NO4/c1-22-16-9-7-14(8-10-16)11-18(21)23-13-17(20)19-12-15-5-3-2-4-6-15/h7-10,15H,2-6,11-13H2,1H3,(H,19,20). The van der Waals surface area contributed by atoms with Crippen molar-refractivity contribution < 1.29 is 19.1 Å². The molecule has 0 aromatic heterocycles. The lowest BCUT2D eigenvalue weighted by Crippen LogP contribution is -2.33. The molecule has 1 saturated carbocycles. The van der Waals surface area contributed by atoms with Crippen LogP contribution in [0.15, 0.2) is 24.3 Å². The first-order valence-electron chi connectivity index (χ1n) is 8.22. The Morgan fingerprint density at radius 2 is 1.83 bits per heavy atom. The predicted octanol–water partition coefficient (Wildman–Crippen LogP) is 2.48. The molecule has 0 unspecified atom stereocenters. The molecule has 0 spiro atoms. The van der Waals surface area contributed by atoms with Crippen LogP contribution in [0.1, 0.15) is 37.7 Å². The summed E-state index contributed by atoms with van der Waals surface area (Å²) in [5.41, 5.74) is 0.832. The van der Waals surface area contributed by atoms with Gasteiger partial charge in [-0.25, -0.2) is 0 Å². The van der Waals surface area contributed by atoms with E-state index in [0.717, 1.165) is 11.3 Å². The van der Waals surface area contributed by atoms with Crippen molar-refractivity contribution in [2.24, 2.45) is 5.92 Å². The zero-order valence-corrected chi connectivity index (χ0v) is 13.7. The average Bonchev–Trinajstić information content (AvgIpc) is 2.60. The average molecular weight is 319 g/mol. The van der Waals surface area contributed by atoms with E-state index in [2.05, 4.69) is 5.32 Å². The van der Waals surface area contributed by atoms with Crippen molar-refractivity contribution in [2.45, 2.75) is 38.5 Å². The van der Waals surface area contributed by atoms with Gasteiger partial charge in [0, 0.05) is 6.54 Å². The van der Waals surface area contributed by atoms with Crippen molar-refractivity contribution >= 4 is 11.9 Å². The van der Waals surface area contributed by atoms with E-state index in [1.54, 1.807) is 19.2 Å². The van der Waals surface area contributed by atoms with E-state index < -0.39 is 5.97 Å². The fraction of sp³-hybridized carbons (Fsp3) is 0.556. The van der Waals surface area contributed by atoms with Crippen molar-refractivity contribution in [3.63, 3.8) is 0 Å². The van der Waals surface area contributed by atoms with Crippen molar-refractivity contribution in [1.29, 1.82) is 0 Å². The summed E-state index contributed by atoms with van der Waals surface area (Å²) in [5.74, 6) is 0.688. The number of esters is 1. The number of carbonyl (C=O) groups is 2. The van der Waals surface area contributed by atoms with E-state index in [0.29, 0.717) is 12.5 Å². The number of methoxy groups -OCH3 is 1. The lowest BCUT2D eigenvalue weighted by molar-refractivity contribution is -0.147. The maximum atomic E-state index is 11.7. The lowest BCUT2D eigenvalue weighted by atomic mass is 9.89. The number of nitrogens with one attached hydrogen (secondary N) is 1. The number of amides is 1. The number of hydrogen-bond donors (Lipinski definition) is 1. The van der Waals surface area contributed by atoms with Gasteiger partial charge < -0.3 is 14.8 Å². The van der Waals surface area contributed by atoms with Crippen LogP contribution in [0.5, 0.6) is 5.75 Å². The Morgan fingerprint density at radius 1 is 1.13 bits per heavy atom. The fourth-order valence-corrected chi connectivity index (χ4v) is 2.81. The Hall–Kier alpha value is -2.04. The quantitative estimate of drug-likeness (QED) is 0.784. The van der Waals surface area contributed by atoms with Crippen LogP contribution in [0.2, 0.25) is 0 Å². The molecule has 1 fully saturated rings. The molecule has 126 valence electrons. The number of benzene rings is 1. The van der Waals surface area contributed by atoms with Crippen molar-refractivity contribution in [3.05, 3.63) is 29.8 Å². The molecule has 1 aromatic carbocycles. The van der Waals surface area contributed by atoms with Gasteiger partial charge in [-0.1, -0.05) is 31.4 Å². The number of hydrogen-bond acceptors (Lipinski definition) is 4. The smallest absolute Gasteiger partial charge is 0.310 e. The Labute approximate surface area is 137 Å². The van der Waals surface area contributed by atoms with Gasteiger partial charge in [-0.2, -0.15) is 0 Å². The van der Waals surface area contributed by atoms with Gasteiger partial charge in [0.2, 0.25) is 0 Å². The first kappa shape index (κ1) is 17.3. The maximum absolute atomic E-state index is 11.7. The van der Waals surface area contributed by atoms with Crippen LogP contribution in [0.4, 0.5) is 0 Å². The number of ether oxygens (including phenoxy) is 2. The summed E-state index contributed by atoms with van der Waals surface area (Å²) < 4.78 is 10.1. The highest BCUT2D eigenvalue weighted by Crippen LogP contribution is 2.22. The van der Waals surface area contributed by atoms with E-state index >= 15 is 0 Å². The summed E-state index contributed by atoms with van der Waals surface area (Å²) >= 11 is 0. The van der Waals surface area contributed by atoms with Crippen molar-refractivity contribution in [3.8, 4) is 5.75 Å². The highest BCUT2D eigenvalue weighted by molar-refractivity contribution is 5.81. The third kappa shape index (κ3) is 6.30. The molecule has 1 aliphatic rings. The molecule has 5 nitrogen and oxygen atoms in total. The Balaban J connectivity index is 1.63. The molecule has 23 heavy (non-hydrogen) atoms. The molecular formula is C18H25NO4. The summed E-state index contributed by atoms with van der Waals surface area (Å²) in [4.78, 5) is 23.5. The van der Waals surface area contributed by atoms with Gasteiger partial charge in [-0.05, 0) is 36.5 Å². The SMILES string of the molecule is COc1ccc(CC(=O)OCC(=O)NCC2CCCCC2)cc1. The second kappa shape index (κ2) is 9.18.